The van der Waals surface area contributed by atoms with Crippen molar-refractivity contribution in [3.05, 3.63) is 71.5 Å². The van der Waals surface area contributed by atoms with Crippen LogP contribution in [0.25, 0.3) is 11.5 Å². The number of nitrogens with zero attached hydrogens (tertiary/aromatic N) is 2. The van der Waals surface area contributed by atoms with Gasteiger partial charge in [0.1, 0.15) is 0 Å². The van der Waals surface area contributed by atoms with E-state index in [1.165, 1.54) is 0 Å². The van der Waals surface area contributed by atoms with Crippen LogP contribution in [0, 0.1) is 6.92 Å². The minimum absolute atomic E-state index is 0.147. The number of hydrogen-bond acceptors (Lipinski definition) is 5. The van der Waals surface area contributed by atoms with E-state index in [-0.39, 0.29) is 18.2 Å². The Bertz CT molecular complexity index is 920. The SMILES string of the molecule is CNC(=O)CC(NC(=O)c1ccc(-c2nc(C)no2)cc1)c1ccccc1. The number of aryl methyl sites for hydroxylation is 1. The van der Waals surface area contributed by atoms with Gasteiger partial charge in [-0.3, -0.25) is 9.59 Å². The van der Waals surface area contributed by atoms with Gasteiger partial charge in [-0.25, -0.2) is 0 Å². The minimum Gasteiger partial charge on any atom is -0.359 e. The first-order valence-electron chi connectivity index (χ1n) is 8.54. The van der Waals surface area contributed by atoms with Crippen LogP contribution >= 0.6 is 0 Å². The second-order valence-electron chi connectivity index (χ2n) is 6.04. The van der Waals surface area contributed by atoms with E-state index in [9.17, 15) is 9.59 Å². The second-order valence-corrected chi connectivity index (χ2v) is 6.04. The predicted octanol–water partition coefficient (Wildman–Crippen LogP) is 2.65. The van der Waals surface area contributed by atoms with E-state index < -0.39 is 6.04 Å². The smallest absolute Gasteiger partial charge is 0.257 e. The Morgan fingerprint density at radius 2 is 1.78 bits per heavy atom. The van der Waals surface area contributed by atoms with Gasteiger partial charge in [-0.05, 0) is 36.8 Å². The molecule has 1 aromatic heterocycles. The molecule has 2 N–H and O–H groups in total. The molecular formula is C20H20N4O3. The van der Waals surface area contributed by atoms with Gasteiger partial charge >= 0.3 is 0 Å². The van der Waals surface area contributed by atoms with E-state index in [1.54, 1.807) is 38.2 Å². The molecule has 3 aromatic rings. The van der Waals surface area contributed by atoms with Gasteiger partial charge in [0.15, 0.2) is 5.82 Å². The molecule has 0 aliphatic rings. The van der Waals surface area contributed by atoms with Crippen LogP contribution in [0.2, 0.25) is 0 Å². The summed E-state index contributed by atoms with van der Waals surface area (Å²) in [6.45, 7) is 1.74. The number of carbonyl (C=O) groups is 2. The number of nitrogens with one attached hydrogen (secondary N) is 2. The Morgan fingerprint density at radius 3 is 2.37 bits per heavy atom. The highest BCUT2D eigenvalue weighted by molar-refractivity contribution is 5.95. The number of aromatic nitrogens is 2. The molecule has 0 saturated carbocycles. The van der Waals surface area contributed by atoms with E-state index in [0.717, 1.165) is 11.1 Å². The Morgan fingerprint density at radius 1 is 1.07 bits per heavy atom. The summed E-state index contributed by atoms with van der Waals surface area (Å²) in [5.74, 6) is 0.542. The average Bonchev–Trinajstić information content (AvgIpc) is 3.14. The van der Waals surface area contributed by atoms with Crippen LogP contribution in [-0.2, 0) is 4.79 Å². The molecule has 0 aliphatic carbocycles. The van der Waals surface area contributed by atoms with Gasteiger partial charge in [-0.2, -0.15) is 4.98 Å². The zero-order valence-corrected chi connectivity index (χ0v) is 15.1. The summed E-state index contributed by atoms with van der Waals surface area (Å²) < 4.78 is 5.12. The number of amides is 2. The molecule has 138 valence electrons. The minimum atomic E-state index is -0.420. The van der Waals surface area contributed by atoms with Crippen molar-refractivity contribution in [2.45, 2.75) is 19.4 Å². The van der Waals surface area contributed by atoms with Crippen LogP contribution in [0.5, 0.6) is 0 Å². The van der Waals surface area contributed by atoms with Gasteiger partial charge in [0.05, 0.1) is 12.5 Å². The molecule has 0 saturated heterocycles. The van der Waals surface area contributed by atoms with Gasteiger partial charge in [0.25, 0.3) is 11.8 Å². The molecule has 7 nitrogen and oxygen atoms in total. The summed E-state index contributed by atoms with van der Waals surface area (Å²) in [5, 5.41) is 9.28. The maximum atomic E-state index is 12.7. The van der Waals surface area contributed by atoms with Crippen LogP contribution in [0.4, 0.5) is 0 Å². The lowest BCUT2D eigenvalue weighted by molar-refractivity contribution is -0.121. The Labute approximate surface area is 156 Å². The highest BCUT2D eigenvalue weighted by Crippen LogP contribution is 2.20. The number of rotatable bonds is 6. The summed E-state index contributed by atoms with van der Waals surface area (Å²) in [7, 11) is 1.57. The molecule has 0 spiro atoms. The zero-order valence-electron chi connectivity index (χ0n) is 15.1. The molecule has 2 aromatic carbocycles. The van der Waals surface area contributed by atoms with Gasteiger partial charge in [-0.1, -0.05) is 35.5 Å². The van der Waals surface area contributed by atoms with E-state index in [1.807, 2.05) is 30.3 Å². The molecule has 7 heteroatoms. The lowest BCUT2D eigenvalue weighted by atomic mass is 10.0. The molecule has 27 heavy (non-hydrogen) atoms. The molecule has 0 radical (unpaired) electrons. The first kappa shape index (κ1) is 18.3. The fourth-order valence-corrected chi connectivity index (χ4v) is 2.65. The maximum absolute atomic E-state index is 12.7. The van der Waals surface area contributed by atoms with Gasteiger partial charge in [0.2, 0.25) is 5.91 Å². The van der Waals surface area contributed by atoms with Gasteiger partial charge in [-0.15, -0.1) is 0 Å². The first-order chi connectivity index (χ1) is 13.1. The first-order valence-corrected chi connectivity index (χ1v) is 8.54. The van der Waals surface area contributed by atoms with Crippen LogP contribution in [0.15, 0.2) is 59.1 Å². The molecule has 1 heterocycles. The highest BCUT2D eigenvalue weighted by Gasteiger charge is 2.19. The molecule has 2 amide bonds. The quantitative estimate of drug-likeness (QED) is 0.701. The Hall–Kier alpha value is -3.48. The van der Waals surface area contributed by atoms with Crippen molar-refractivity contribution >= 4 is 11.8 Å². The van der Waals surface area contributed by atoms with Crippen molar-refractivity contribution < 1.29 is 14.1 Å². The van der Waals surface area contributed by atoms with E-state index in [4.69, 9.17) is 4.52 Å². The van der Waals surface area contributed by atoms with E-state index in [0.29, 0.717) is 17.3 Å². The second kappa shape index (κ2) is 8.27. The normalized spacial score (nSPS) is 11.6. The third kappa shape index (κ3) is 4.58. The molecule has 1 atom stereocenters. The standard InChI is InChI=1S/C20H20N4O3/c1-13-22-20(27-24-13)16-10-8-15(9-11-16)19(26)23-17(12-18(25)21-2)14-6-4-3-5-7-14/h3-11,17H,12H2,1-2H3,(H,21,25)(H,23,26). The van der Waals surface area contributed by atoms with Gasteiger partial charge in [0, 0.05) is 18.2 Å². The van der Waals surface area contributed by atoms with Gasteiger partial charge < -0.3 is 15.2 Å². The third-order valence-electron chi connectivity index (χ3n) is 4.10. The number of hydrogen-bond donors (Lipinski definition) is 2. The fraction of sp³-hybridized carbons (Fsp3) is 0.200. The van der Waals surface area contributed by atoms with E-state index >= 15 is 0 Å². The zero-order chi connectivity index (χ0) is 19.2. The summed E-state index contributed by atoms with van der Waals surface area (Å²) >= 11 is 0. The van der Waals surface area contributed by atoms with Crippen molar-refractivity contribution in [3.63, 3.8) is 0 Å². The summed E-state index contributed by atoms with van der Waals surface area (Å²) in [6, 6.07) is 15.9. The van der Waals surface area contributed by atoms with Crippen LogP contribution < -0.4 is 10.6 Å². The molecule has 1 unspecified atom stereocenters. The van der Waals surface area contributed by atoms with Crippen molar-refractivity contribution in [1.82, 2.24) is 20.8 Å². The Kier molecular flexibility index (Phi) is 5.61. The monoisotopic (exact) mass is 364 g/mol. The molecule has 0 aliphatic heterocycles. The molecule has 3 rings (SSSR count). The summed E-state index contributed by atoms with van der Waals surface area (Å²) in [6.07, 6.45) is 0.158. The van der Waals surface area contributed by atoms with Crippen molar-refractivity contribution in [3.8, 4) is 11.5 Å². The Balaban J connectivity index is 1.76. The van der Waals surface area contributed by atoms with Crippen molar-refractivity contribution in [1.29, 1.82) is 0 Å². The lowest BCUT2D eigenvalue weighted by Crippen LogP contribution is -2.32. The predicted molar refractivity (Wildman–Crippen MR) is 99.8 cm³/mol. The topological polar surface area (TPSA) is 97.1 Å². The molecule has 0 fully saturated rings. The van der Waals surface area contributed by atoms with E-state index in [2.05, 4.69) is 20.8 Å². The average molecular weight is 364 g/mol. The molecular weight excluding hydrogens is 344 g/mol. The van der Waals surface area contributed by atoms with Crippen LogP contribution in [-0.4, -0.2) is 29.0 Å². The molecule has 0 bridgehead atoms. The lowest BCUT2D eigenvalue weighted by Gasteiger charge is -2.18. The highest BCUT2D eigenvalue weighted by atomic mass is 16.5. The summed E-state index contributed by atoms with van der Waals surface area (Å²) in [4.78, 5) is 28.7. The maximum Gasteiger partial charge on any atom is 0.257 e. The number of carbonyl (C=O) groups excluding carboxylic acids is 2. The van der Waals surface area contributed by atoms with Crippen LogP contribution in [0.1, 0.15) is 34.2 Å². The third-order valence-corrected chi connectivity index (χ3v) is 4.10. The number of benzene rings is 2. The summed E-state index contributed by atoms with van der Waals surface area (Å²) in [5.41, 5.74) is 2.08. The largest absolute Gasteiger partial charge is 0.359 e. The fourth-order valence-electron chi connectivity index (χ4n) is 2.65. The van der Waals surface area contributed by atoms with Crippen molar-refractivity contribution in [2.75, 3.05) is 7.05 Å². The van der Waals surface area contributed by atoms with Crippen molar-refractivity contribution in [2.24, 2.45) is 0 Å². The van der Waals surface area contributed by atoms with Crippen LogP contribution in [0.3, 0.4) is 0 Å².